The van der Waals surface area contributed by atoms with Gasteiger partial charge in [-0.25, -0.2) is 18.8 Å². The van der Waals surface area contributed by atoms with Crippen LogP contribution in [0.25, 0.3) is 11.3 Å². The molecule has 0 saturated carbocycles. The zero-order valence-corrected chi connectivity index (χ0v) is 16.5. The summed E-state index contributed by atoms with van der Waals surface area (Å²) in [6.45, 7) is 0.275. The maximum absolute atomic E-state index is 13.9. The molecule has 0 spiro atoms. The molecule has 0 fully saturated rings. The zero-order valence-electron chi connectivity index (χ0n) is 15.6. The van der Waals surface area contributed by atoms with Gasteiger partial charge in [0.2, 0.25) is 5.91 Å². The fraction of sp³-hybridized carbons (Fsp3) is 0.143. The van der Waals surface area contributed by atoms with Gasteiger partial charge in [-0.1, -0.05) is 30.3 Å². The second-order valence-corrected chi connectivity index (χ2v) is 7.46. The van der Waals surface area contributed by atoms with E-state index in [4.69, 9.17) is 0 Å². The van der Waals surface area contributed by atoms with Crippen molar-refractivity contribution >= 4 is 34.0 Å². The zero-order chi connectivity index (χ0) is 21.1. The number of hydrogen-bond donors (Lipinski definition) is 1. The molecule has 6 nitrogen and oxygen atoms in total. The third-order valence-corrected chi connectivity index (χ3v) is 5.23. The van der Waals surface area contributed by atoms with Crippen molar-refractivity contribution in [3.05, 3.63) is 71.1 Å². The Hall–Kier alpha value is -3.46. The molecule has 2 amide bonds. The number of aromatic nitrogens is 1. The number of nitrogens with one attached hydrogen (secondary N) is 1. The molecule has 0 unspecified atom stereocenters. The Bertz CT molecular complexity index is 1130. The van der Waals surface area contributed by atoms with Gasteiger partial charge in [0, 0.05) is 23.8 Å². The number of carbonyl (C=O) groups is 2. The Morgan fingerprint density at radius 3 is 2.73 bits per heavy atom. The number of halogens is 2. The van der Waals surface area contributed by atoms with Gasteiger partial charge in [0.15, 0.2) is 5.13 Å². The molecule has 2 heterocycles. The first-order chi connectivity index (χ1) is 14.5. The summed E-state index contributed by atoms with van der Waals surface area (Å²) in [4.78, 5) is 28.9. The van der Waals surface area contributed by atoms with E-state index >= 15 is 0 Å². The molecular weight excluding hydrogens is 410 g/mol. The lowest BCUT2D eigenvalue weighted by molar-refractivity contribution is -0.132. The molecule has 1 aliphatic heterocycles. The average Bonchev–Trinajstić information content (AvgIpc) is 3.20. The first kappa shape index (κ1) is 19.8. The number of hydrogen-bond acceptors (Lipinski definition) is 5. The van der Waals surface area contributed by atoms with Crippen LogP contribution < -0.4 is 5.32 Å². The van der Waals surface area contributed by atoms with E-state index in [0.29, 0.717) is 0 Å². The topological polar surface area (TPSA) is 74.7 Å². The van der Waals surface area contributed by atoms with Crippen molar-refractivity contribution in [2.24, 2.45) is 5.10 Å². The fourth-order valence-corrected chi connectivity index (χ4v) is 3.67. The molecule has 0 atom stereocenters. The monoisotopic (exact) mass is 426 g/mol. The Morgan fingerprint density at radius 1 is 1.13 bits per heavy atom. The van der Waals surface area contributed by atoms with Crippen LogP contribution in [0.3, 0.4) is 0 Å². The number of thiazole rings is 1. The number of hydrazone groups is 1. The van der Waals surface area contributed by atoms with Gasteiger partial charge in [-0.3, -0.25) is 14.9 Å². The number of anilines is 1. The Morgan fingerprint density at radius 2 is 1.93 bits per heavy atom. The molecule has 9 heteroatoms. The fourth-order valence-electron chi connectivity index (χ4n) is 2.96. The van der Waals surface area contributed by atoms with Crippen molar-refractivity contribution in [2.45, 2.75) is 19.4 Å². The first-order valence-corrected chi connectivity index (χ1v) is 10.0. The van der Waals surface area contributed by atoms with Gasteiger partial charge in [-0.05, 0) is 23.8 Å². The van der Waals surface area contributed by atoms with E-state index in [-0.39, 0.29) is 47.4 Å². The van der Waals surface area contributed by atoms with E-state index in [2.05, 4.69) is 15.4 Å². The van der Waals surface area contributed by atoms with Crippen molar-refractivity contribution in [3.63, 3.8) is 0 Å². The molecule has 30 heavy (non-hydrogen) atoms. The van der Waals surface area contributed by atoms with Crippen molar-refractivity contribution in [2.75, 3.05) is 5.32 Å². The predicted molar refractivity (Wildman–Crippen MR) is 110 cm³/mol. The molecule has 1 aromatic heterocycles. The quantitative estimate of drug-likeness (QED) is 0.664. The Kier molecular flexibility index (Phi) is 5.62. The normalized spacial score (nSPS) is 13.9. The number of benzene rings is 2. The number of rotatable bonds is 5. The standard InChI is InChI=1S/C21H16F2N4O2S/c22-14-6-7-16(23)15(10-14)18-12-30-21(24-18)25-20(29)17-8-9-19(28)27(26-17)11-13-4-2-1-3-5-13/h1-7,10,12H,8-9,11H2,(H,24,25,29). The van der Waals surface area contributed by atoms with Crippen molar-refractivity contribution in [1.82, 2.24) is 9.99 Å². The molecule has 1 aliphatic rings. The van der Waals surface area contributed by atoms with Crippen molar-refractivity contribution in [1.29, 1.82) is 0 Å². The van der Waals surface area contributed by atoms with Gasteiger partial charge >= 0.3 is 0 Å². The van der Waals surface area contributed by atoms with E-state index in [0.717, 1.165) is 35.1 Å². The second kappa shape index (κ2) is 8.50. The van der Waals surface area contributed by atoms with Crippen LogP contribution in [0.15, 0.2) is 59.0 Å². The molecule has 1 N–H and O–H groups in total. The molecule has 3 aromatic rings. The van der Waals surface area contributed by atoms with E-state index in [9.17, 15) is 18.4 Å². The van der Waals surface area contributed by atoms with E-state index < -0.39 is 17.5 Å². The number of carbonyl (C=O) groups excluding carboxylic acids is 2. The minimum absolute atomic E-state index is 0.0152. The minimum atomic E-state index is -0.605. The van der Waals surface area contributed by atoms with E-state index in [1.165, 1.54) is 10.4 Å². The predicted octanol–water partition coefficient (Wildman–Crippen LogP) is 4.21. The van der Waals surface area contributed by atoms with Gasteiger partial charge in [-0.15, -0.1) is 11.3 Å². The first-order valence-electron chi connectivity index (χ1n) is 9.13. The van der Waals surface area contributed by atoms with Gasteiger partial charge in [-0.2, -0.15) is 5.10 Å². The maximum atomic E-state index is 13.9. The summed E-state index contributed by atoms with van der Waals surface area (Å²) in [5.74, 6) is -1.83. The van der Waals surface area contributed by atoms with Crippen LogP contribution in [-0.2, 0) is 16.1 Å². The lowest BCUT2D eigenvalue weighted by Gasteiger charge is -2.23. The molecule has 0 aliphatic carbocycles. The number of amides is 2. The Balaban J connectivity index is 1.48. The average molecular weight is 426 g/mol. The van der Waals surface area contributed by atoms with E-state index in [1.54, 1.807) is 0 Å². The lowest BCUT2D eigenvalue weighted by atomic mass is 10.1. The van der Waals surface area contributed by atoms with Crippen LogP contribution in [-0.4, -0.2) is 27.5 Å². The summed E-state index contributed by atoms with van der Waals surface area (Å²) in [6, 6.07) is 12.5. The smallest absolute Gasteiger partial charge is 0.273 e. The highest BCUT2D eigenvalue weighted by molar-refractivity contribution is 7.14. The summed E-state index contributed by atoms with van der Waals surface area (Å²) in [5.41, 5.74) is 1.34. The molecule has 0 radical (unpaired) electrons. The van der Waals surface area contributed by atoms with Crippen LogP contribution in [0.1, 0.15) is 18.4 Å². The number of nitrogens with zero attached hydrogens (tertiary/aromatic N) is 3. The van der Waals surface area contributed by atoms with Gasteiger partial charge in [0.05, 0.1) is 12.2 Å². The summed E-state index contributed by atoms with van der Waals surface area (Å²) in [6.07, 6.45) is 0.392. The maximum Gasteiger partial charge on any atom is 0.273 e. The minimum Gasteiger partial charge on any atom is -0.297 e. The molecule has 0 saturated heterocycles. The van der Waals surface area contributed by atoms with Crippen LogP contribution in [0.2, 0.25) is 0 Å². The van der Waals surface area contributed by atoms with Crippen molar-refractivity contribution in [3.8, 4) is 11.3 Å². The summed E-state index contributed by atoms with van der Waals surface area (Å²) >= 11 is 1.09. The summed E-state index contributed by atoms with van der Waals surface area (Å²) in [5, 5.41) is 9.86. The molecule has 152 valence electrons. The summed E-state index contributed by atoms with van der Waals surface area (Å²) in [7, 11) is 0. The molecule has 2 aromatic carbocycles. The Labute approximate surface area is 174 Å². The third kappa shape index (κ3) is 4.41. The second-order valence-electron chi connectivity index (χ2n) is 6.60. The lowest BCUT2D eigenvalue weighted by Crippen LogP contribution is -2.36. The molecule has 4 rings (SSSR count). The highest BCUT2D eigenvalue weighted by Gasteiger charge is 2.25. The molecular formula is C21H16F2N4O2S. The summed E-state index contributed by atoms with van der Waals surface area (Å²) < 4.78 is 27.3. The largest absolute Gasteiger partial charge is 0.297 e. The van der Waals surface area contributed by atoms with Crippen LogP contribution in [0.5, 0.6) is 0 Å². The van der Waals surface area contributed by atoms with Crippen LogP contribution >= 0.6 is 11.3 Å². The highest BCUT2D eigenvalue weighted by Crippen LogP contribution is 2.28. The van der Waals surface area contributed by atoms with Gasteiger partial charge in [0.25, 0.3) is 5.91 Å². The van der Waals surface area contributed by atoms with E-state index in [1.807, 2.05) is 30.3 Å². The van der Waals surface area contributed by atoms with Gasteiger partial charge in [0.1, 0.15) is 17.3 Å². The molecule has 0 bridgehead atoms. The highest BCUT2D eigenvalue weighted by atomic mass is 32.1. The van der Waals surface area contributed by atoms with Crippen LogP contribution in [0.4, 0.5) is 13.9 Å². The van der Waals surface area contributed by atoms with Gasteiger partial charge < -0.3 is 0 Å². The van der Waals surface area contributed by atoms with Crippen LogP contribution in [0, 0.1) is 11.6 Å². The third-order valence-electron chi connectivity index (χ3n) is 4.47. The SMILES string of the molecule is O=C(Nc1nc(-c2cc(F)ccc2F)cs1)C1=NN(Cc2ccccc2)C(=O)CC1. The van der Waals surface area contributed by atoms with Crippen molar-refractivity contribution < 1.29 is 18.4 Å².